The van der Waals surface area contributed by atoms with Crippen LogP contribution in [0, 0.1) is 5.82 Å². The van der Waals surface area contributed by atoms with Crippen LogP contribution in [0.2, 0.25) is 0 Å². The van der Waals surface area contributed by atoms with Crippen molar-refractivity contribution < 1.29 is 4.39 Å². The summed E-state index contributed by atoms with van der Waals surface area (Å²) in [4.78, 5) is 4.25. The molecular formula is C16H18FN3. The number of aryl methyl sites for hydroxylation is 1. The van der Waals surface area contributed by atoms with Crippen LogP contribution in [0.25, 0.3) is 0 Å². The van der Waals surface area contributed by atoms with Crippen LogP contribution in [0.1, 0.15) is 12.0 Å². The van der Waals surface area contributed by atoms with E-state index < -0.39 is 0 Å². The fraction of sp³-hybridized carbons (Fsp3) is 0.188. The Morgan fingerprint density at radius 3 is 2.65 bits per heavy atom. The van der Waals surface area contributed by atoms with E-state index in [1.54, 1.807) is 12.1 Å². The van der Waals surface area contributed by atoms with Gasteiger partial charge in [-0.1, -0.05) is 30.3 Å². The molecule has 0 saturated heterocycles. The lowest BCUT2D eigenvalue weighted by atomic mass is 10.1. The van der Waals surface area contributed by atoms with Gasteiger partial charge in [0.15, 0.2) is 5.96 Å². The van der Waals surface area contributed by atoms with E-state index >= 15 is 0 Å². The molecule has 3 nitrogen and oxygen atoms in total. The van der Waals surface area contributed by atoms with Crippen molar-refractivity contribution in [1.29, 1.82) is 0 Å². The highest BCUT2D eigenvalue weighted by Gasteiger charge is 1.96. The molecule has 0 aromatic heterocycles. The maximum absolute atomic E-state index is 13.0. The fourth-order valence-electron chi connectivity index (χ4n) is 1.88. The predicted molar refractivity (Wildman–Crippen MR) is 81.3 cm³/mol. The molecule has 0 bridgehead atoms. The number of halogens is 1. The SMILES string of the molecule is NC(=NCCCc1cccc(F)c1)Nc1ccccc1. The van der Waals surface area contributed by atoms with Gasteiger partial charge in [-0.15, -0.1) is 0 Å². The molecule has 0 amide bonds. The van der Waals surface area contributed by atoms with Crippen LogP contribution >= 0.6 is 0 Å². The monoisotopic (exact) mass is 271 g/mol. The van der Waals surface area contributed by atoms with E-state index in [0.717, 1.165) is 24.1 Å². The lowest BCUT2D eigenvalue weighted by Gasteiger charge is -2.05. The molecule has 0 aliphatic carbocycles. The van der Waals surface area contributed by atoms with Gasteiger partial charge in [0.25, 0.3) is 0 Å². The second kappa shape index (κ2) is 7.28. The van der Waals surface area contributed by atoms with Gasteiger partial charge >= 0.3 is 0 Å². The van der Waals surface area contributed by atoms with E-state index in [2.05, 4.69) is 10.3 Å². The molecule has 4 heteroatoms. The smallest absolute Gasteiger partial charge is 0.193 e. The normalized spacial score (nSPS) is 11.3. The van der Waals surface area contributed by atoms with E-state index in [0.29, 0.717) is 12.5 Å². The number of guanidine groups is 1. The Bertz CT molecular complexity index is 567. The van der Waals surface area contributed by atoms with Gasteiger partial charge in [-0.25, -0.2) is 4.39 Å². The molecule has 0 atom stereocenters. The Morgan fingerprint density at radius 1 is 1.10 bits per heavy atom. The molecule has 0 aliphatic rings. The van der Waals surface area contributed by atoms with Gasteiger partial charge in [0.1, 0.15) is 5.82 Å². The van der Waals surface area contributed by atoms with Crippen molar-refractivity contribution in [3.8, 4) is 0 Å². The van der Waals surface area contributed by atoms with Crippen molar-refractivity contribution >= 4 is 11.6 Å². The molecular weight excluding hydrogens is 253 g/mol. The summed E-state index contributed by atoms with van der Waals surface area (Å²) in [5.41, 5.74) is 7.69. The third kappa shape index (κ3) is 4.72. The van der Waals surface area contributed by atoms with E-state index in [9.17, 15) is 4.39 Å². The molecule has 0 spiro atoms. The van der Waals surface area contributed by atoms with Crippen LogP contribution in [0.4, 0.5) is 10.1 Å². The number of nitrogens with zero attached hydrogens (tertiary/aromatic N) is 1. The molecule has 0 radical (unpaired) electrons. The van der Waals surface area contributed by atoms with Crippen LogP contribution < -0.4 is 11.1 Å². The lowest BCUT2D eigenvalue weighted by Crippen LogP contribution is -2.22. The van der Waals surface area contributed by atoms with Crippen molar-refractivity contribution in [1.82, 2.24) is 0 Å². The molecule has 0 aliphatic heterocycles. The topological polar surface area (TPSA) is 50.4 Å². The Balaban J connectivity index is 1.76. The molecule has 0 fully saturated rings. The Morgan fingerprint density at radius 2 is 1.90 bits per heavy atom. The van der Waals surface area contributed by atoms with Crippen LogP contribution in [0.5, 0.6) is 0 Å². The van der Waals surface area contributed by atoms with Gasteiger partial charge in [0.05, 0.1) is 0 Å². The Hall–Kier alpha value is -2.36. The van der Waals surface area contributed by atoms with Gasteiger partial charge < -0.3 is 11.1 Å². The Kier molecular flexibility index (Phi) is 5.12. The van der Waals surface area contributed by atoms with Crippen LogP contribution in [0.3, 0.4) is 0 Å². The Labute approximate surface area is 118 Å². The lowest BCUT2D eigenvalue weighted by molar-refractivity contribution is 0.624. The zero-order valence-electron chi connectivity index (χ0n) is 11.2. The van der Waals surface area contributed by atoms with Crippen LogP contribution in [-0.2, 0) is 6.42 Å². The third-order valence-electron chi connectivity index (χ3n) is 2.84. The molecule has 20 heavy (non-hydrogen) atoms. The first-order valence-electron chi connectivity index (χ1n) is 6.60. The molecule has 2 aromatic carbocycles. The first kappa shape index (κ1) is 14.1. The first-order valence-corrected chi connectivity index (χ1v) is 6.60. The van der Waals surface area contributed by atoms with Gasteiger partial charge in [-0.05, 0) is 42.7 Å². The quantitative estimate of drug-likeness (QED) is 0.498. The van der Waals surface area contributed by atoms with Gasteiger partial charge in [0.2, 0.25) is 0 Å². The first-order chi connectivity index (χ1) is 9.74. The summed E-state index contributed by atoms with van der Waals surface area (Å²) in [6.07, 6.45) is 1.63. The number of aliphatic imine (C=N–C) groups is 1. The minimum Gasteiger partial charge on any atom is -0.370 e. The average molecular weight is 271 g/mol. The summed E-state index contributed by atoms with van der Waals surface area (Å²) < 4.78 is 13.0. The summed E-state index contributed by atoms with van der Waals surface area (Å²) >= 11 is 0. The van der Waals surface area contributed by atoms with Crippen molar-refractivity contribution in [2.24, 2.45) is 10.7 Å². The third-order valence-corrected chi connectivity index (χ3v) is 2.84. The molecule has 104 valence electrons. The van der Waals surface area contributed by atoms with Crippen molar-refractivity contribution in [2.75, 3.05) is 11.9 Å². The number of hydrogen-bond acceptors (Lipinski definition) is 1. The number of nitrogens with one attached hydrogen (secondary N) is 1. The molecule has 3 N–H and O–H groups in total. The fourth-order valence-corrected chi connectivity index (χ4v) is 1.88. The number of para-hydroxylation sites is 1. The number of anilines is 1. The highest BCUT2D eigenvalue weighted by Crippen LogP contribution is 2.06. The summed E-state index contributed by atoms with van der Waals surface area (Å²) in [6.45, 7) is 0.613. The zero-order valence-corrected chi connectivity index (χ0v) is 11.2. The standard InChI is InChI=1S/C16H18FN3/c17-14-8-4-6-13(12-14)7-5-11-19-16(18)20-15-9-2-1-3-10-15/h1-4,6,8-10,12H,5,7,11H2,(H3,18,19,20). The van der Waals surface area contributed by atoms with Crippen LogP contribution in [0.15, 0.2) is 59.6 Å². The molecule has 0 saturated carbocycles. The van der Waals surface area contributed by atoms with Gasteiger partial charge in [0, 0.05) is 12.2 Å². The van der Waals surface area contributed by atoms with Gasteiger partial charge in [-0.2, -0.15) is 0 Å². The number of rotatable bonds is 5. The van der Waals surface area contributed by atoms with Crippen molar-refractivity contribution in [2.45, 2.75) is 12.8 Å². The number of benzene rings is 2. The van der Waals surface area contributed by atoms with Crippen LogP contribution in [-0.4, -0.2) is 12.5 Å². The van der Waals surface area contributed by atoms with E-state index in [1.807, 2.05) is 36.4 Å². The minimum atomic E-state index is -0.198. The zero-order chi connectivity index (χ0) is 14.2. The summed E-state index contributed by atoms with van der Waals surface area (Å²) in [5.74, 6) is 0.201. The summed E-state index contributed by atoms with van der Waals surface area (Å²) in [5, 5.41) is 3.02. The summed E-state index contributed by atoms with van der Waals surface area (Å²) in [6, 6.07) is 16.3. The van der Waals surface area contributed by atoms with E-state index in [-0.39, 0.29) is 5.82 Å². The second-order valence-corrected chi connectivity index (χ2v) is 4.49. The number of nitrogens with two attached hydrogens (primary N) is 1. The second-order valence-electron chi connectivity index (χ2n) is 4.49. The molecule has 0 heterocycles. The maximum atomic E-state index is 13.0. The average Bonchev–Trinajstić information content (AvgIpc) is 2.45. The maximum Gasteiger partial charge on any atom is 0.193 e. The van der Waals surface area contributed by atoms with Crippen molar-refractivity contribution in [3.05, 3.63) is 66.0 Å². The van der Waals surface area contributed by atoms with E-state index in [4.69, 9.17) is 5.73 Å². The summed E-state index contributed by atoms with van der Waals surface area (Å²) in [7, 11) is 0. The largest absolute Gasteiger partial charge is 0.370 e. The van der Waals surface area contributed by atoms with Gasteiger partial charge in [-0.3, -0.25) is 4.99 Å². The number of hydrogen-bond donors (Lipinski definition) is 2. The molecule has 2 aromatic rings. The highest BCUT2D eigenvalue weighted by molar-refractivity contribution is 5.92. The molecule has 2 rings (SSSR count). The predicted octanol–water partition coefficient (Wildman–Crippen LogP) is 3.19. The molecule has 0 unspecified atom stereocenters. The van der Waals surface area contributed by atoms with E-state index in [1.165, 1.54) is 6.07 Å². The minimum absolute atomic E-state index is 0.198. The van der Waals surface area contributed by atoms with Crippen molar-refractivity contribution in [3.63, 3.8) is 0 Å². The highest BCUT2D eigenvalue weighted by atomic mass is 19.1.